The van der Waals surface area contributed by atoms with Crippen molar-refractivity contribution in [3.05, 3.63) is 28.5 Å². The Morgan fingerprint density at radius 2 is 1.79 bits per heavy atom. The molecule has 0 fully saturated rings. The van der Waals surface area contributed by atoms with Gasteiger partial charge in [-0.25, -0.2) is 4.98 Å². The van der Waals surface area contributed by atoms with Gasteiger partial charge in [0, 0.05) is 6.20 Å². The standard InChI is InChI=1S/C7H6ClNO.2C2H6/c1-5-2-3-9-7(8)6(5)4-10;2*1-2/h2-4H,1H3;2*1-2H3. The molecule has 0 amide bonds. The van der Waals surface area contributed by atoms with Crippen molar-refractivity contribution in [2.75, 3.05) is 0 Å². The van der Waals surface area contributed by atoms with Crippen molar-refractivity contribution in [1.82, 2.24) is 4.98 Å². The molecule has 0 saturated heterocycles. The van der Waals surface area contributed by atoms with E-state index in [1.165, 1.54) is 0 Å². The molecule has 1 aromatic rings. The summed E-state index contributed by atoms with van der Waals surface area (Å²) in [6, 6.07) is 1.75. The van der Waals surface area contributed by atoms with Gasteiger partial charge in [-0.15, -0.1) is 0 Å². The Morgan fingerprint density at radius 3 is 2.07 bits per heavy atom. The lowest BCUT2D eigenvalue weighted by atomic mass is 10.2. The maximum absolute atomic E-state index is 10.3. The van der Waals surface area contributed by atoms with Crippen molar-refractivity contribution >= 4 is 17.9 Å². The van der Waals surface area contributed by atoms with Crippen LogP contribution < -0.4 is 0 Å². The van der Waals surface area contributed by atoms with Crippen LogP contribution in [0.1, 0.15) is 43.6 Å². The maximum Gasteiger partial charge on any atom is 0.153 e. The molecule has 14 heavy (non-hydrogen) atoms. The fourth-order valence-electron chi connectivity index (χ4n) is 0.678. The summed E-state index contributed by atoms with van der Waals surface area (Å²) in [5.74, 6) is 0. The van der Waals surface area contributed by atoms with Gasteiger partial charge in [-0.2, -0.15) is 0 Å². The van der Waals surface area contributed by atoms with E-state index >= 15 is 0 Å². The molecule has 0 unspecified atom stereocenters. The van der Waals surface area contributed by atoms with E-state index in [0.29, 0.717) is 11.8 Å². The molecule has 1 aromatic heterocycles. The number of halogens is 1. The molecule has 0 spiro atoms. The van der Waals surface area contributed by atoms with Gasteiger partial charge in [0.05, 0.1) is 5.56 Å². The van der Waals surface area contributed by atoms with Crippen LogP contribution in [0.2, 0.25) is 5.15 Å². The maximum atomic E-state index is 10.3. The largest absolute Gasteiger partial charge is 0.298 e. The number of rotatable bonds is 1. The van der Waals surface area contributed by atoms with Crippen molar-refractivity contribution in [2.24, 2.45) is 0 Å². The monoisotopic (exact) mass is 215 g/mol. The van der Waals surface area contributed by atoms with E-state index in [0.717, 1.165) is 5.56 Å². The average Bonchev–Trinajstić information content (AvgIpc) is 2.24. The number of hydrogen-bond donors (Lipinski definition) is 0. The Balaban J connectivity index is 0. The molecule has 3 heteroatoms. The lowest BCUT2D eigenvalue weighted by molar-refractivity contribution is 0.112. The minimum Gasteiger partial charge on any atom is -0.298 e. The first-order valence-corrected chi connectivity index (χ1v) is 5.20. The SMILES string of the molecule is CC.CC.Cc1ccnc(Cl)c1C=O. The molecule has 0 radical (unpaired) electrons. The second-order valence-corrected chi connectivity index (χ2v) is 2.31. The minimum atomic E-state index is 0.273. The lowest BCUT2D eigenvalue weighted by Gasteiger charge is -1.96. The van der Waals surface area contributed by atoms with Crippen LogP contribution >= 0.6 is 11.6 Å². The topological polar surface area (TPSA) is 30.0 Å². The van der Waals surface area contributed by atoms with Crippen LogP contribution in [0.5, 0.6) is 0 Å². The van der Waals surface area contributed by atoms with Crippen LogP contribution in [-0.2, 0) is 0 Å². The first kappa shape index (κ1) is 15.6. The summed E-state index contributed by atoms with van der Waals surface area (Å²) in [4.78, 5) is 14.1. The Bertz CT molecular complexity index is 241. The van der Waals surface area contributed by atoms with E-state index in [9.17, 15) is 4.79 Å². The molecule has 0 aliphatic carbocycles. The highest BCUT2D eigenvalue weighted by Crippen LogP contribution is 2.13. The molecule has 0 aliphatic heterocycles. The fourth-order valence-corrected chi connectivity index (χ4v) is 0.928. The summed E-state index contributed by atoms with van der Waals surface area (Å²) < 4.78 is 0. The normalized spacial score (nSPS) is 7.57. The highest BCUT2D eigenvalue weighted by molar-refractivity contribution is 6.31. The predicted molar refractivity (Wildman–Crippen MR) is 62.1 cm³/mol. The van der Waals surface area contributed by atoms with Gasteiger partial charge in [-0.05, 0) is 18.6 Å². The number of aromatic nitrogens is 1. The molecule has 1 heterocycles. The molecule has 0 saturated carbocycles. The van der Waals surface area contributed by atoms with Crippen LogP contribution in [0.15, 0.2) is 12.3 Å². The Labute approximate surface area is 91.3 Å². The molecule has 0 N–H and O–H groups in total. The summed E-state index contributed by atoms with van der Waals surface area (Å²) in [5.41, 5.74) is 1.33. The third-order valence-corrected chi connectivity index (χ3v) is 1.58. The highest BCUT2D eigenvalue weighted by atomic mass is 35.5. The molecule has 0 bridgehead atoms. The van der Waals surface area contributed by atoms with Crippen molar-refractivity contribution < 1.29 is 4.79 Å². The highest BCUT2D eigenvalue weighted by Gasteiger charge is 2.01. The summed E-state index contributed by atoms with van der Waals surface area (Å²) in [6.07, 6.45) is 2.29. The quantitative estimate of drug-likeness (QED) is 0.525. The van der Waals surface area contributed by atoms with Crippen LogP contribution in [0.3, 0.4) is 0 Å². The van der Waals surface area contributed by atoms with Crippen LogP contribution in [0, 0.1) is 6.92 Å². The summed E-state index contributed by atoms with van der Waals surface area (Å²) in [7, 11) is 0. The molecule has 0 aromatic carbocycles. The predicted octanol–water partition coefficient (Wildman–Crippen LogP) is 3.91. The van der Waals surface area contributed by atoms with E-state index in [1.54, 1.807) is 12.3 Å². The van der Waals surface area contributed by atoms with Crippen LogP contribution in [0.4, 0.5) is 0 Å². The molecule has 0 aliphatic rings. The molecule has 1 rings (SSSR count). The third kappa shape index (κ3) is 4.97. The zero-order valence-corrected chi connectivity index (χ0v) is 10.2. The van der Waals surface area contributed by atoms with Gasteiger partial charge in [0.25, 0.3) is 0 Å². The van der Waals surface area contributed by atoms with Crippen molar-refractivity contribution in [1.29, 1.82) is 0 Å². The van der Waals surface area contributed by atoms with Crippen LogP contribution in [-0.4, -0.2) is 11.3 Å². The number of aryl methyl sites for hydroxylation is 1. The molecule has 80 valence electrons. The van der Waals surface area contributed by atoms with Gasteiger partial charge < -0.3 is 0 Å². The minimum absolute atomic E-state index is 0.273. The van der Waals surface area contributed by atoms with E-state index in [-0.39, 0.29) is 5.15 Å². The number of carbonyl (C=O) groups excluding carboxylic acids is 1. The zero-order valence-electron chi connectivity index (χ0n) is 9.47. The summed E-state index contributed by atoms with van der Waals surface area (Å²) in [5, 5.41) is 0.273. The van der Waals surface area contributed by atoms with Crippen molar-refractivity contribution in [3.63, 3.8) is 0 Å². The van der Waals surface area contributed by atoms with Crippen molar-refractivity contribution in [3.8, 4) is 0 Å². The van der Waals surface area contributed by atoms with E-state index < -0.39 is 0 Å². The van der Waals surface area contributed by atoms with Crippen LogP contribution in [0.25, 0.3) is 0 Å². The second kappa shape index (κ2) is 10.2. The Hall–Kier alpha value is -0.890. The van der Waals surface area contributed by atoms with Gasteiger partial charge in [-0.1, -0.05) is 39.3 Å². The first-order valence-electron chi connectivity index (χ1n) is 4.82. The van der Waals surface area contributed by atoms with Gasteiger partial charge in [0.15, 0.2) is 6.29 Å². The molecular weight excluding hydrogens is 198 g/mol. The van der Waals surface area contributed by atoms with Crippen molar-refractivity contribution in [2.45, 2.75) is 34.6 Å². The first-order chi connectivity index (χ1) is 6.75. The molecule has 0 atom stereocenters. The number of nitrogens with zero attached hydrogens (tertiary/aromatic N) is 1. The smallest absolute Gasteiger partial charge is 0.153 e. The molecular formula is C11H18ClNO. The average molecular weight is 216 g/mol. The van der Waals surface area contributed by atoms with Gasteiger partial charge >= 0.3 is 0 Å². The Kier molecular flexibility index (Phi) is 11.3. The van der Waals surface area contributed by atoms with Gasteiger partial charge in [0.2, 0.25) is 0 Å². The lowest BCUT2D eigenvalue weighted by Crippen LogP contribution is -1.89. The third-order valence-electron chi connectivity index (χ3n) is 1.28. The van der Waals surface area contributed by atoms with Gasteiger partial charge in [-0.3, -0.25) is 4.79 Å². The second-order valence-electron chi connectivity index (χ2n) is 1.95. The van der Waals surface area contributed by atoms with E-state index in [2.05, 4.69) is 4.98 Å². The number of hydrogen-bond acceptors (Lipinski definition) is 2. The molecule has 2 nitrogen and oxygen atoms in total. The number of aldehydes is 1. The number of carbonyl (C=O) groups is 1. The van der Waals surface area contributed by atoms with E-state index in [4.69, 9.17) is 11.6 Å². The zero-order chi connectivity index (χ0) is 11.6. The fraction of sp³-hybridized carbons (Fsp3) is 0.455. The summed E-state index contributed by atoms with van der Waals surface area (Å²) >= 11 is 5.59. The van der Waals surface area contributed by atoms with Gasteiger partial charge in [0.1, 0.15) is 5.15 Å². The van der Waals surface area contributed by atoms with E-state index in [1.807, 2.05) is 34.6 Å². The summed E-state index contributed by atoms with van der Waals surface area (Å²) in [6.45, 7) is 9.82. The Morgan fingerprint density at radius 1 is 1.29 bits per heavy atom. The number of pyridine rings is 1.